The summed E-state index contributed by atoms with van der Waals surface area (Å²) in [7, 11) is 1.61. The number of methoxy groups -OCH3 is 1. The Labute approximate surface area is 133 Å². The molecular weight excluding hydrogens is 456 g/mol. The number of nitrogens with one attached hydrogen (secondary N) is 1. The van der Waals surface area contributed by atoms with Gasteiger partial charge in [0.25, 0.3) is 0 Å². The first kappa shape index (κ1) is 13.8. The fourth-order valence-electron chi connectivity index (χ4n) is 1.34. The second kappa shape index (κ2) is 6.50. The van der Waals surface area contributed by atoms with Crippen molar-refractivity contribution in [2.24, 2.45) is 0 Å². The van der Waals surface area contributed by atoms with Crippen LogP contribution < -0.4 is 10.1 Å². The largest absolute Gasteiger partial charge is 0.481 e. The molecule has 0 spiro atoms. The number of ether oxygens (including phenoxy) is 1. The lowest BCUT2D eigenvalue weighted by atomic mass is 10.3. The van der Waals surface area contributed by atoms with Crippen molar-refractivity contribution in [1.82, 2.24) is 9.97 Å². The zero-order valence-electron chi connectivity index (χ0n) is 9.65. The minimum Gasteiger partial charge on any atom is -0.481 e. The average molecular weight is 467 g/mol. The van der Waals surface area contributed by atoms with E-state index in [1.807, 2.05) is 24.3 Å². The summed E-state index contributed by atoms with van der Waals surface area (Å²) in [5.74, 6) is 1.50. The first-order valence-electron chi connectivity index (χ1n) is 5.24. The molecule has 0 atom stereocenters. The molecule has 1 N–H and O–H groups in total. The normalized spacial score (nSPS) is 10.2. The van der Waals surface area contributed by atoms with E-state index in [1.54, 1.807) is 13.3 Å². The van der Waals surface area contributed by atoms with E-state index >= 15 is 0 Å². The molecule has 0 aliphatic rings. The van der Waals surface area contributed by atoms with E-state index in [0.29, 0.717) is 12.4 Å². The van der Waals surface area contributed by atoms with Crippen molar-refractivity contribution in [1.29, 1.82) is 0 Å². The van der Waals surface area contributed by atoms with Gasteiger partial charge in [-0.2, -0.15) is 0 Å². The molecule has 2 heterocycles. The second-order valence-corrected chi connectivity index (χ2v) is 5.72. The molecular formula is C12H11I2N3O. The predicted octanol–water partition coefficient (Wildman–Crippen LogP) is 3.31. The summed E-state index contributed by atoms with van der Waals surface area (Å²) < 4.78 is 7.18. The maximum Gasteiger partial charge on any atom is 0.212 e. The van der Waals surface area contributed by atoms with Crippen LogP contribution >= 0.6 is 45.2 Å². The molecule has 0 fully saturated rings. The van der Waals surface area contributed by atoms with Crippen LogP contribution in [0.1, 0.15) is 5.56 Å². The van der Waals surface area contributed by atoms with Gasteiger partial charge in [0, 0.05) is 22.4 Å². The minimum atomic E-state index is 0.626. The Bertz CT molecular complexity index is 531. The van der Waals surface area contributed by atoms with Crippen LogP contribution in [0.5, 0.6) is 5.88 Å². The van der Waals surface area contributed by atoms with E-state index in [-0.39, 0.29) is 0 Å². The topological polar surface area (TPSA) is 47.0 Å². The van der Waals surface area contributed by atoms with Crippen LogP contribution in [-0.4, -0.2) is 17.1 Å². The van der Waals surface area contributed by atoms with Crippen LogP contribution in [0.4, 0.5) is 5.82 Å². The summed E-state index contributed by atoms with van der Waals surface area (Å²) in [6.07, 6.45) is 1.80. The van der Waals surface area contributed by atoms with E-state index in [0.717, 1.165) is 18.7 Å². The van der Waals surface area contributed by atoms with Crippen molar-refractivity contribution < 1.29 is 4.74 Å². The predicted molar refractivity (Wildman–Crippen MR) is 87.8 cm³/mol. The molecule has 2 aromatic heterocycles. The molecule has 6 heteroatoms. The van der Waals surface area contributed by atoms with Crippen LogP contribution in [-0.2, 0) is 6.54 Å². The molecule has 0 saturated carbocycles. The molecule has 94 valence electrons. The number of aromatic nitrogens is 2. The van der Waals surface area contributed by atoms with E-state index < -0.39 is 0 Å². The number of nitrogens with zero attached hydrogens (tertiary/aromatic N) is 2. The fraction of sp³-hybridized carbons (Fsp3) is 0.167. The van der Waals surface area contributed by atoms with Crippen LogP contribution in [0.25, 0.3) is 0 Å². The molecule has 4 nitrogen and oxygen atoms in total. The van der Waals surface area contributed by atoms with Gasteiger partial charge in [0.2, 0.25) is 5.88 Å². The lowest BCUT2D eigenvalue weighted by Crippen LogP contribution is -2.03. The summed E-state index contributed by atoms with van der Waals surface area (Å²) in [6, 6.07) is 7.85. The lowest BCUT2D eigenvalue weighted by molar-refractivity contribution is 0.397. The third-order valence-corrected chi connectivity index (χ3v) is 5.01. The maximum atomic E-state index is 5.02. The molecule has 0 bridgehead atoms. The fourth-order valence-corrected chi connectivity index (χ4v) is 2.08. The Kier molecular flexibility index (Phi) is 4.98. The van der Waals surface area contributed by atoms with Gasteiger partial charge in [0.05, 0.1) is 7.11 Å². The van der Waals surface area contributed by atoms with Crippen molar-refractivity contribution in [3.8, 4) is 5.88 Å². The molecule has 0 radical (unpaired) electrons. The number of hydrogen-bond donors (Lipinski definition) is 1. The third-order valence-electron chi connectivity index (χ3n) is 2.28. The Hall–Kier alpha value is -0.640. The highest BCUT2D eigenvalue weighted by atomic mass is 127. The van der Waals surface area contributed by atoms with Crippen molar-refractivity contribution in [2.45, 2.75) is 6.54 Å². The van der Waals surface area contributed by atoms with E-state index in [9.17, 15) is 0 Å². The van der Waals surface area contributed by atoms with Gasteiger partial charge in [0.15, 0.2) is 0 Å². The number of halogens is 2. The average Bonchev–Trinajstić information content (AvgIpc) is 2.41. The standard InChI is InChI=1S/C12H11I2N3O/c1-18-11-5-2-8(7-16-11)6-15-10-4-3-9(13)12(14)17-10/h2-5,7H,6H2,1H3,(H,15,17). The van der Waals surface area contributed by atoms with E-state index in [4.69, 9.17) is 4.74 Å². The summed E-state index contributed by atoms with van der Waals surface area (Å²) in [6.45, 7) is 0.695. The summed E-state index contributed by atoms with van der Waals surface area (Å²) in [5.41, 5.74) is 1.09. The van der Waals surface area contributed by atoms with Crippen LogP contribution in [0, 0.1) is 7.27 Å². The molecule has 0 saturated heterocycles. The van der Waals surface area contributed by atoms with Gasteiger partial charge in [-0.1, -0.05) is 6.07 Å². The molecule has 18 heavy (non-hydrogen) atoms. The molecule has 0 aromatic carbocycles. The first-order chi connectivity index (χ1) is 8.69. The zero-order valence-corrected chi connectivity index (χ0v) is 14.0. The van der Waals surface area contributed by atoms with Gasteiger partial charge < -0.3 is 10.1 Å². The number of pyridine rings is 2. The van der Waals surface area contributed by atoms with Crippen molar-refractivity contribution >= 4 is 51.0 Å². The number of hydrogen-bond acceptors (Lipinski definition) is 4. The van der Waals surface area contributed by atoms with Crippen molar-refractivity contribution in [3.63, 3.8) is 0 Å². The highest BCUT2D eigenvalue weighted by molar-refractivity contribution is 14.1. The second-order valence-electron chi connectivity index (χ2n) is 3.53. The smallest absolute Gasteiger partial charge is 0.212 e. The van der Waals surface area contributed by atoms with Gasteiger partial charge in [-0.25, -0.2) is 9.97 Å². The third kappa shape index (κ3) is 3.67. The van der Waals surface area contributed by atoms with Gasteiger partial charge in [0.1, 0.15) is 9.52 Å². The Morgan fingerprint density at radius 3 is 2.67 bits per heavy atom. The lowest BCUT2D eigenvalue weighted by Gasteiger charge is -2.07. The summed E-state index contributed by atoms with van der Waals surface area (Å²) >= 11 is 4.49. The highest BCUT2D eigenvalue weighted by Crippen LogP contribution is 2.16. The molecule has 0 unspecified atom stereocenters. The molecule has 2 aromatic rings. The quantitative estimate of drug-likeness (QED) is 0.554. The maximum absolute atomic E-state index is 5.02. The SMILES string of the molecule is COc1ccc(CNc2ccc(I)c(I)n2)cn1. The summed E-state index contributed by atoms with van der Waals surface area (Å²) in [5, 5.41) is 3.27. The summed E-state index contributed by atoms with van der Waals surface area (Å²) in [4.78, 5) is 8.60. The van der Waals surface area contributed by atoms with Crippen molar-refractivity contribution in [2.75, 3.05) is 12.4 Å². The molecule has 0 aliphatic heterocycles. The monoisotopic (exact) mass is 467 g/mol. The van der Waals surface area contributed by atoms with Crippen molar-refractivity contribution in [3.05, 3.63) is 43.3 Å². The Morgan fingerprint density at radius 2 is 2.06 bits per heavy atom. The Morgan fingerprint density at radius 1 is 1.22 bits per heavy atom. The van der Waals surface area contributed by atoms with Gasteiger partial charge in [-0.15, -0.1) is 0 Å². The van der Waals surface area contributed by atoms with E-state index in [1.165, 1.54) is 0 Å². The van der Waals surface area contributed by atoms with Gasteiger partial charge in [-0.3, -0.25) is 0 Å². The zero-order chi connectivity index (χ0) is 13.0. The molecule has 0 aliphatic carbocycles. The molecule has 2 rings (SSSR count). The Balaban J connectivity index is 1.99. The molecule has 0 amide bonds. The minimum absolute atomic E-state index is 0.626. The first-order valence-corrected chi connectivity index (χ1v) is 7.39. The number of anilines is 1. The highest BCUT2D eigenvalue weighted by Gasteiger charge is 2.00. The van der Waals surface area contributed by atoms with Gasteiger partial charge >= 0.3 is 0 Å². The van der Waals surface area contributed by atoms with Gasteiger partial charge in [-0.05, 0) is 62.9 Å². The van der Waals surface area contributed by atoms with Crippen LogP contribution in [0.15, 0.2) is 30.5 Å². The van der Waals surface area contributed by atoms with Crippen LogP contribution in [0.3, 0.4) is 0 Å². The van der Waals surface area contributed by atoms with Crippen LogP contribution in [0.2, 0.25) is 0 Å². The van der Waals surface area contributed by atoms with E-state index in [2.05, 4.69) is 60.5 Å². The number of rotatable bonds is 4.